The highest BCUT2D eigenvalue weighted by Gasteiger charge is 2.62. The van der Waals surface area contributed by atoms with Crippen LogP contribution in [-0.4, -0.2) is 356 Å². The van der Waals surface area contributed by atoms with Crippen LogP contribution in [0.15, 0.2) is 0 Å². The summed E-state index contributed by atoms with van der Waals surface area (Å²) in [5.74, 6) is 0. The lowest BCUT2D eigenvalue weighted by Gasteiger charge is -2.53. The molecule has 22 saturated heterocycles. The first-order valence-electron chi connectivity index (χ1n) is 33.8. The van der Waals surface area contributed by atoms with Gasteiger partial charge >= 0.3 is 0 Å². The summed E-state index contributed by atoms with van der Waals surface area (Å²) < 4.78 is 192. The van der Waals surface area contributed by atoms with Crippen LogP contribution >= 0.6 is 7.92 Å². The van der Waals surface area contributed by atoms with E-state index in [0.29, 0.717) is 17.5 Å². The largest absolute Gasteiger partial charge is 0.382 e. The summed E-state index contributed by atoms with van der Waals surface area (Å²) in [4.78, 5) is 0. The van der Waals surface area contributed by atoms with Crippen LogP contribution in [0.4, 0.5) is 0 Å². The van der Waals surface area contributed by atoms with E-state index >= 15 is 0 Å². The molecule has 0 aromatic heterocycles. The van der Waals surface area contributed by atoms with Crippen molar-refractivity contribution in [3.8, 4) is 0 Å². The van der Waals surface area contributed by atoms with Crippen molar-refractivity contribution in [1.82, 2.24) is 0 Å². The first kappa shape index (κ1) is 78.4. The van der Waals surface area contributed by atoms with E-state index in [-0.39, 0.29) is 33.0 Å². The van der Waals surface area contributed by atoms with E-state index in [4.69, 9.17) is 137 Å². The molecular formula is C65H115O29P. The summed E-state index contributed by atoms with van der Waals surface area (Å²) in [7, 11) is 26.0. The predicted octanol–water partition coefficient (Wildman–Crippen LogP) is 3.22. The topological polar surface area (TPSA) is 268 Å². The van der Waals surface area contributed by atoms with Crippen LogP contribution in [0.2, 0.25) is 0 Å². The average Bonchev–Trinajstić information content (AvgIpc) is 0.768. The van der Waals surface area contributed by atoms with Gasteiger partial charge in [0.2, 0.25) is 0 Å². The van der Waals surface area contributed by atoms with Gasteiger partial charge in [0, 0.05) is 121 Å². The van der Waals surface area contributed by atoms with Crippen LogP contribution < -0.4 is 0 Å². The fraction of sp³-hybridized carbons (Fsp3) is 1.00. The van der Waals surface area contributed by atoms with Gasteiger partial charge in [0.25, 0.3) is 0 Å². The Labute approximate surface area is 563 Å². The molecule has 0 N–H and O–H groups in total. The van der Waals surface area contributed by atoms with Crippen LogP contribution in [0.1, 0.15) is 64.2 Å². The second-order valence-corrected chi connectivity index (χ2v) is 28.7. The molecule has 0 aromatic carbocycles. The lowest BCUT2D eigenvalue weighted by atomic mass is 9.94. The van der Waals surface area contributed by atoms with Gasteiger partial charge in [-0.3, -0.25) is 0 Å². The van der Waals surface area contributed by atoms with Crippen LogP contribution in [0, 0.1) is 0 Å². The Morgan fingerprint density at radius 1 is 0.221 bits per heavy atom. The Morgan fingerprint density at radius 2 is 0.400 bits per heavy atom. The highest BCUT2D eigenvalue weighted by Crippen LogP contribution is 2.57. The molecule has 554 valence electrons. The van der Waals surface area contributed by atoms with Crippen LogP contribution in [-0.2, 0) is 137 Å². The first-order chi connectivity index (χ1) is 46.4. The maximum Gasteiger partial charge on any atom is 0.187 e. The number of hydrogen-bond donors (Lipinski definition) is 0. The van der Waals surface area contributed by atoms with E-state index in [9.17, 15) is 0 Å². The Kier molecular flexibility index (Phi) is 31.9. The third kappa shape index (κ3) is 17.6. The lowest BCUT2D eigenvalue weighted by Crippen LogP contribution is -2.70. The molecule has 29 nitrogen and oxygen atoms in total. The van der Waals surface area contributed by atoms with Crippen molar-refractivity contribution in [2.24, 2.45) is 0 Å². The zero-order chi connectivity index (χ0) is 67.9. The monoisotopic (exact) mass is 1390 g/mol. The molecule has 0 amide bonds. The highest BCUT2D eigenvalue weighted by molar-refractivity contribution is 7.59. The fourth-order valence-corrected chi connectivity index (χ4v) is 20.2. The summed E-state index contributed by atoms with van der Waals surface area (Å²) in [6.45, 7) is 0.0780. The van der Waals surface area contributed by atoms with Gasteiger partial charge in [0.05, 0.1) is 39.1 Å². The number of hydrogen-bond acceptors (Lipinski definition) is 29. The summed E-state index contributed by atoms with van der Waals surface area (Å²) in [6, 6.07) is 0. The molecule has 0 aromatic rings. The molecule has 12 bridgehead atoms. The van der Waals surface area contributed by atoms with Crippen molar-refractivity contribution in [3.05, 3.63) is 0 Å². The van der Waals surface area contributed by atoms with Gasteiger partial charge in [0.15, 0.2) is 37.7 Å². The minimum atomic E-state index is -1.17. The first-order valence-corrected chi connectivity index (χ1v) is 35.4. The maximum absolute atomic E-state index is 7.54. The van der Waals surface area contributed by atoms with Crippen molar-refractivity contribution in [3.63, 3.8) is 0 Å². The smallest absolute Gasteiger partial charge is 0.187 e. The Balaban J connectivity index is 1.17. The molecule has 2 saturated carbocycles. The molecule has 22 heterocycles. The summed E-state index contributed by atoms with van der Waals surface area (Å²) >= 11 is 0. The van der Waals surface area contributed by atoms with Crippen LogP contribution in [0.25, 0.3) is 0 Å². The quantitative estimate of drug-likeness (QED) is 0.113. The lowest BCUT2D eigenvalue weighted by molar-refractivity contribution is -0.408. The van der Waals surface area contributed by atoms with E-state index in [1.807, 2.05) is 0 Å². The molecule has 30 heteroatoms. The molecule has 22 aliphatic heterocycles. The van der Waals surface area contributed by atoms with E-state index in [1.54, 1.807) is 99.5 Å². The van der Waals surface area contributed by atoms with Gasteiger partial charge in [-0.1, -0.05) is 46.4 Å². The minimum Gasteiger partial charge on any atom is -0.382 e. The molecule has 24 aliphatic rings. The number of rotatable bonds is 26. The zero-order valence-corrected chi connectivity index (χ0v) is 60.0. The summed E-state index contributed by atoms with van der Waals surface area (Å²) in [5.41, 5.74) is 1.07. The van der Waals surface area contributed by atoms with E-state index < -0.39 is 192 Å². The third-order valence-corrected chi connectivity index (χ3v) is 24.4. The molecule has 95 heavy (non-hydrogen) atoms. The van der Waals surface area contributed by atoms with Crippen molar-refractivity contribution in [1.29, 1.82) is 0 Å². The summed E-state index contributed by atoms with van der Waals surface area (Å²) in [5, 5.41) is 0. The van der Waals surface area contributed by atoms with E-state index in [1.165, 1.54) is 59.9 Å². The van der Waals surface area contributed by atoms with E-state index in [2.05, 4.69) is 0 Å². The SMILES string of the molecule is COC[C@H]1O[C@@H]2O[C@H]3[C@H](OC)[C@@H](OC)[C@@H](O[C@H]4[C@H](OC)[C@@H](OC)[C@@H](O[C@H]5[C@H](OC)[C@@H](OC)[C@@H](O[C@H]6[C@H](OC)[C@@H](OC)[C@@H](O[C@H]7[C@H](OC)[C@@H](OC)[C@@H](O[C@H]1[C@H](OC)[C@H]2OC)O[C@@H]7COC)O[C@@H]6COC)O[C@@H]5CP(C1CCCCC1)C1CCCCC1)O[C@@H]4COC)O[C@@H]3COC. The minimum absolute atomic E-state index is 0.000907. The second kappa shape index (κ2) is 38.7. The van der Waals surface area contributed by atoms with Crippen molar-refractivity contribution in [2.45, 2.75) is 260 Å². The van der Waals surface area contributed by atoms with Crippen molar-refractivity contribution >= 4 is 7.92 Å². The summed E-state index contributed by atoms with van der Waals surface area (Å²) in [6.07, 6.45) is -15.9. The molecule has 0 unspecified atom stereocenters. The number of methoxy groups -OCH3 is 17. The Morgan fingerprint density at radius 3 is 0.579 bits per heavy atom. The molecule has 30 atom stereocenters. The van der Waals surface area contributed by atoms with Gasteiger partial charge in [-0.05, 0) is 43.2 Å². The number of ether oxygens (including phenoxy) is 29. The van der Waals surface area contributed by atoms with Gasteiger partial charge < -0.3 is 137 Å². The van der Waals surface area contributed by atoms with Crippen molar-refractivity contribution in [2.75, 3.05) is 160 Å². The van der Waals surface area contributed by atoms with Crippen molar-refractivity contribution < 1.29 is 137 Å². The molecule has 24 rings (SSSR count). The molecule has 0 spiro atoms. The molecule has 24 fully saturated rings. The Bertz CT molecular complexity index is 2110. The van der Waals surface area contributed by atoms with E-state index in [0.717, 1.165) is 25.7 Å². The van der Waals surface area contributed by atoms with Gasteiger partial charge in [-0.25, -0.2) is 0 Å². The molecule has 2 aliphatic carbocycles. The zero-order valence-electron chi connectivity index (χ0n) is 59.1. The normalized spacial score (nSPS) is 44.5. The highest BCUT2D eigenvalue weighted by atomic mass is 31.1. The predicted molar refractivity (Wildman–Crippen MR) is 336 cm³/mol. The second-order valence-electron chi connectivity index (χ2n) is 25.8. The third-order valence-electron chi connectivity index (χ3n) is 20.7. The fourth-order valence-electron chi connectivity index (χ4n) is 16.2. The van der Waals surface area contributed by atoms with Gasteiger partial charge in [0.1, 0.15) is 140 Å². The standard InChI is InChI=1S/C65H115O29P/c1-66-28-36-42-48(71-6)54(77-12)60(83-36)90-43-37(29-67-2)85-62(56(79-14)49(43)72-7)92-45-39(31-69-4)87-64(58(81-16)51(45)74-9)94-47-41(33-95(34-24-20-18-21-25-34)35-26-22-19-23-27-35)88-65(59(82-17)53(47)76-11)93-46-40(32-70-5)86-63(57(80-15)52(46)75-10)91-44-38(30-68-3)84-61(89-42)55(78-13)50(44)73-8/h34-65H,18-33H2,1-17H3/t36-,37-,38-,39-,40-,41-,42-,43-,44-,45-,46-,47-,48+,49+,50+,51+,52+,53+,54-,55-,56-,57-,58-,59-,60-,61-,62-,63-,64-,65-/m1/s1. The van der Waals surface area contributed by atoms with Gasteiger partial charge in [-0.15, -0.1) is 0 Å². The Hall–Kier alpha value is -0.730. The molecule has 0 radical (unpaired) electrons. The van der Waals surface area contributed by atoms with Crippen LogP contribution in [0.5, 0.6) is 0 Å². The molecular weight excluding hydrogens is 1280 g/mol. The van der Waals surface area contributed by atoms with Gasteiger partial charge in [-0.2, -0.15) is 0 Å². The average molecular weight is 1390 g/mol. The van der Waals surface area contributed by atoms with Crippen LogP contribution in [0.3, 0.4) is 0 Å². The maximum atomic E-state index is 7.54.